The number of carbonyl (C=O) groups is 1. The number of nitro groups is 1. The molecule has 1 heterocycles. The highest BCUT2D eigenvalue weighted by molar-refractivity contribution is 6.35. The summed E-state index contributed by atoms with van der Waals surface area (Å²) < 4.78 is 4.50. The van der Waals surface area contributed by atoms with E-state index in [4.69, 9.17) is 11.6 Å². The van der Waals surface area contributed by atoms with Crippen LogP contribution in [0, 0.1) is 10.1 Å². The van der Waals surface area contributed by atoms with Crippen molar-refractivity contribution >= 4 is 23.2 Å². The van der Waals surface area contributed by atoms with Gasteiger partial charge in [0.2, 0.25) is 6.39 Å². The Labute approximate surface area is 111 Å². The van der Waals surface area contributed by atoms with Gasteiger partial charge in [0.25, 0.3) is 11.6 Å². The summed E-state index contributed by atoms with van der Waals surface area (Å²) in [5, 5.41) is 16.5. The minimum absolute atomic E-state index is 0.0133. The third kappa shape index (κ3) is 2.86. The topological polar surface area (TPSA) is 111 Å². The van der Waals surface area contributed by atoms with Crippen LogP contribution in [0.3, 0.4) is 0 Å². The van der Waals surface area contributed by atoms with Crippen molar-refractivity contribution in [2.45, 2.75) is 6.54 Å². The lowest BCUT2D eigenvalue weighted by Crippen LogP contribution is -2.23. The van der Waals surface area contributed by atoms with Gasteiger partial charge < -0.3 is 9.84 Å². The molecular weight excluding hydrogens is 276 g/mol. The number of hydrogen-bond donors (Lipinski definition) is 1. The van der Waals surface area contributed by atoms with E-state index in [0.29, 0.717) is 0 Å². The van der Waals surface area contributed by atoms with Crippen molar-refractivity contribution < 1.29 is 14.2 Å². The Morgan fingerprint density at radius 3 is 2.95 bits per heavy atom. The van der Waals surface area contributed by atoms with Crippen LogP contribution in [0.1, 0.15) is 16.2 Å². The Hall–Kier alpha value is -2.48. The highest BCUT2D eigenvalue weighted by Crippen LogP contribution is 2.27. The van der Waals surface area contributed by atoms with Gasteiger partial charge in [-0.2, -0.15) is 4.98 Å². The van der Waals surface area contributed by atoms with Crippen LogP contribution in [0.25, 0.3) is 0 Å². The summed E-state index contributed by atoms with van der Waals surface area (Å²) in [6, 6.07) is 3.99. The molecule has 9 heteroatoms. The molecule has 2 aromatic rings. The zero-order valence-corrected chi connectivity index (χ0v) is 10.1. The normalized spacial score (nSPS) is 10.2. The molecule has 1 aromatic carbocycles. The zero-order chi connectivity index (χ0) is 13.8. The van der Waals surface area contributed by atoms with Crippen LogP contribution in [0.5, 0.6) is 0 Å². The van der Waals surface area contributed by atoms with Crippen molar-refractivity contribution in [2.75, 3.05) is 0 Å². The number of aromatic nitrogens is 2. The van der Waals surface area contributed by atoms with E-state index in [-0.39, 0.29) is 28.6 Å². The SMILES string of the molecule is O=C(NCc1ncon1)c1cccc([N+](=O)[O-])c1Cl. The average molecular weight is 283 g/mol. The highest BCUT2D eigenvalue weighted by Gasteiger charge is 2.19. The summed E-state index contributed by atoms with van der Waals surface area (Å²) in [5.74, 6) is -0.270. The smallest absolute Gasteiger partial charge is 0.288 e. The molecule has 0 aliphatic carbocycles. The molecule has 98 valence electrons. The first-order valence-electron chi connectivity index (χ1n) is 5.06. The maximum absolute atomic E-state index is 11.8. The second-order valence-electron chi connectivity index (χ2n) is 3.43. The van der Waals surface area contributed by atoms with Gasteiger partial charge >= 0.3 is 0 Å². The van der Waals surface area contributed by atoms with Gasteiger partial charge in [0.1, 0.15) is 5.02 Å². The van der Waals surface area contributed by atoms with Gasteiger partial charge in [-0.1, -0.05) is 22.8 Å². The Balaban J connectivity index is 2.15. The Kier molecular flexibility index (Phi) is 3.71. The molecule has 0 aliphatic heterocycles. The molecular formula is C10H7ClN4O4. The van der Waals surface area contributed by atoms with Gasteiger partial charge in [0, 0.05) is 6.07 Å². The van der Waals surface area contributed by atoms with Gasteiger partial charge in [-0.25, -0.2) is 0 Å². The summed E-state index contributed by atoms with van der Waals surface area (Å²) >= 11 is 5.81. The molecule has 1 aromatic heterocycles. The first kappa shape index (κ1) is 13.0. The third-order valence-corrected chi connectivity index (χ3v) is 2.63. The van der Waals surface area contributed by atoms with E-state index in [1.165, 1.54) is 18.2 Å². The largest absolute Gasteiger partial charge is 0.345 e. The minimum atomic E-state index is -0.654. The number of nitro benzene ring substituents is 1. The fourth-order valence-electron chi connectivity index (χ4n) is 1.36. The fraction of sp³-hybridized carbons (Fsp3) is 0.100. The molecule has 0 atom stereocenters. The molecule has 8 nitrogen and oxygen atoms in total. The second kappa shape index (κ2) is 5.44. The fourth-order valence-corrected chi connectivity index (χ4v) is 1.64. The van der Waals surface area contributed by atoms with Gasteiger partial charge in [0.15, 0.2) is 5.82 Å². The predicted molar refractivity (Wildman–Crippen MR) is 63.6 cm³/mol. The number of amides is 1. The second-order valence-corrected chi connectivity index (χ2v) is 3.80. The number of carbonyl (C=O) groups excluding carboxylic acids is 1. The summed E-state index contributed by atoms with van der Waals surface area (Å²) in [5.41, 5.74) is -0.312. The van der Waals surface area contributed by atoms with Crippen molar-refractivity contribution in [2.24, 2.45) is 0 Å². The molecule has 1 amide bonds. The van der Waals surface area contributed by atoms with Crippen LogP contribution in [-0.4, -0.2) is 21.0 Å². The predicted octanol–water partition coefficient (Wildman–Crippen LogP) is 1.56. The standard InChI is InChI=1S/C10H7ClN4O4/c11-9-6(2-1-3-7(9)15(17)18)10(16)12-4-8-13-5-19-14-8/h1-3,5H,4H2,(H,12,16). The molecule has 2 rings (SSSR count). The monoisotopic (exact) mass is 282 g/mol. The van der Waals surface area contributed by atoms with Crippen molar-refractivity contribution in [3.05, 3.63) is 51.1 Å². The first-order chi connectivity index (χ1) is 9.09. The Morgan fingerprint density at radius 1 is 1.53 bits per heavy atom. The van der Waals surface area contributed by atoms with E-state index in [1.54, 1.807) is 0 Å². The zero-order valence-electron chi connectivity index (χ0n) is 9.37. The van der Waals surface area contributed by atoms with Crippen LogP contribution >= 0.6 is 11.6 Å². The van der Waals surface area contributed by atoms with Crippen LogP contribution in [0.4, 0.5) is 5.69 Å². The minimum Gasteiger partial charge on any atom is -0.345 e. The Bertz CT molecular complexity index is 614. The molecule has 1 N–H and O–H groups in total. The van der Waals surface area contributed by atoms with Crippen molar-refractivity contribution in [1.82, 2.24) is 15.5 Å². The van der Waals surface area contributed by atoms with E-state index in [9.17, 15) is 14.9 Å². The third-order valence-electron chi connectivity index (χ3n) is 2.23. The Morgan fingerprint density at radius 2 is 2.32 bits per heavy atom. The molecule has 0 aliphatic rings. The van der Waals surface area contributed by atoms with Gasteiger partial charge in [-0.3, -0.25) is 14.9 Å². The number of hydrogen-bond acceptors (Lipinski definition) is 6. The molecule has 0 radical (unpaired) electrons. The van der Waals surface area contributed by atoms with E-state index < -0.39 is 10.8 Å². The van der Waals surface area contributed by atoms with Crippen molar-refractivity contribution in [3.63, 3.8) is 0 Å². The molecule has 0 bridgehead atoms. The summed E-state index contributed by atoms with van der Waals surface area (Å²) in [6.45, 7) is 0.0361. The van der Waals surface area contributed by atoms with Crippen molar-refractivity contribution in [1.29, 1.82) is 0 Å². The number of halogens is 1. The first-order valence-corrected chi connectivity index (χ1v) is 5.43. The summed E-state index contributed by atoms with van der Waals surface area (Å²) in [6.07, 6.45) is 1.13. The lowest BCUT2D eigenvalue weighted by molar-refractivity contribution is -0.384. The molecule has 0 saturated heterocycles. The number of benzene rings is 1. The average Bonchev–Trinajstić information content (AvgIpc) is 2.89. The number of rotatable bonds is 4. The van der Waals surface area contributed by atoms with Crippen LogP contribution in [0.15, 0.2) is 29.1 Å². The lowest BCUT2D eigenvalue weighted by atomic mass is 10.2. The van der Waals surface area contributed by atoms with Crippen molar-refractivity contribution in [3.8, 4) is 0 Å². The van der Waals surface area contributed by atoms with E-state index in [0.717, 1.165) is 6.39 Å². The lowest BCUT2D eigenvalue weighted by Gasteiger charge is -2.04. The summed E-state index contributed by atoms with van der Waals surface area (Å²) in [7, 11) is 0. The molecule has 0 fully saturated rings. The number of nitrogens with one attached hydrogen (secondary N) is 1. The van der Waals surface area contributed by atoms with Crippen LogP contribution in [0.2, 0.25) is 5.02 Å². The number of nitrogens with zero attached hydrogens (tertiary/aromatic N) is 3. The van der Waals surface area contributed by atoms with Crippen LogP contribution in [-0.2, 0) is 6.54 Å². The molecule has 0 unspecified atom stereocenters. The van der Waals surface area contributed by atoms with Gasteiger partial charge in [-0.05, 0) is 6.07 Å². The highest BCUT2D eigenvalue weighted by atomic mass is 35.5. The van der Waals surface area contributed by atoms with Gasteiger partial charge in [0.05, 0.1) is 17.0 Å². The van der Waals surface area contributed by atoms with Gasteiger partial charge in [-0.15, -0.1) is 0 Å². The van der Waals surface area contributed by atoms with E-state index in [2.05, 4.69) is 20.0 Å². The quantitative estimate of drug-likeness (QED) is 0.673. The maximum atomic E-state index is 11.8. The van der Waals surface area contributed by atoms with E-state index >= 15 is 0 Å². The summed E-state index contributed by atoms with van der Waals surface area (Å²) in [4.78, 5) is 25.6. The van der Waals surface area contributed by atoms with Crippen LogP contribution < -0.4 is 5.32 Å². The maximum Gasteiger partial charge on any atom is 0.288 e. The van der Waals surface area contributed by atoms with E-state index in [1.807, 2.05) is 0 Å². The molecule has 0 spiro atoms. The molecule has 0 saturated carbocycles. The molecule has 19 heavy (non-hydrogen) atoms.